The molecule has 0 saturated heterocycles. The number of nitrogens with zero attached hydrogens (tertiary/aromatic N) is 2. The van der Waals surface area contributed by atoms with Gasteiger partial charge in [0.2, 0.25) is 5.88 Å². The van der Waals surface area contributed by atoms with E-state index in [1.807, 2.05) is 32.0 Å². The van der Waals surface area contributed by atoms with E-state index < -0.39 is 0 Å². The van der Waals surface area contributed by atoms with Gasteiger partial charge in [-0.05, 0) is 26.0 Å². The molecule has 0 atom stereocenters. The van der Waals surface area contributed by atoms with Crippen molar-refractivity contribution in [3.8, 4) is 17.4 Å². The Morgan fingerprint density at radius 1 is 1.18 bits per heavy atom. The zero-order valence-electron chi connectivity index (χ0n) is 12.5. The fourth-order valence-electron chi connectivity index (χ4n) is 2.05. The highest BCUT2D eigenvalue weighted by atomic mass is 16.6. The molecule has 0 spiro atoms. The summed E-state index contributed by atoms with van der Waals surface area (Å²) in [7, 11) is 0. The van der Waals surface area contributed by atoms with Gasteiger partial charge in [-0.3, -0.25) is 0 Å². The maximum atomic E-state index is 6.05. The molecule has 0 aliphatic carbocycles. The van der Waals surface area contributed by atoms with Crippen LogP contribution in [-0.2, 0) is 0 Å². The van der Waals surface area contributed by atoms with Crippen molar-refractivity contribution in [3.05, 3.63) is 24.5 Å². The largest absolute Gasteiger partial charge is 0.486 e. The lowest BCUT2D eigenvalue weighted by molar-refractivity contribution is 0.171. The number of aromatic nitrogens is 2. The van der Waals surface area contributed by atoms with Crippen LogP contribution in [0.2, 0.25) is 0 Å². The van der Waals surface area contributed by atoms with Crippen LogP contribution in [0, 0.1) is 0 Å². The number of fused-ring (bicyclic) bond motifs is 1. The smallest absolute Gasteiger partial charge is 0.242 e. The number of nitrogens with one attached hydrogen (secondary N) is 1. The molecule has 1 aliphatic rings. The van der Waals surface area contributed by atoms with Gasteiger partial charge >= 0.3 is 0 Å². The van der Waals surface area contributed by atoms with E-state index in [0.29, 0.717) is 36.3 Å². The molecule has 0 radical (unpaired) electrons. The van der Waals surface area contributed by atoms with Crippen LogP contribution in [0.4, 0.5) is 17.2 Å². The van der Waals surface area contributed by atoms with E-state index >= 15 is 0 Å². The molecule has 0 fully saturated rings. The van der Waals surface area contributed by atoms with Crippen LogP contribution in [0.1, 0.15) is 13.8 Å². The summed E-state index contributed by atoms with van der Waals surface area (Å²) in [6.07, 6.45) is 1.40. The molecule has 0 amide bonds. The summed E-state index contributed by atoms with van der Waals surface area (Å²) < 4.78 is 16.6. The van der Waals surface area contributed by atoms with Crippen LogP contribution < -0.4 is 25.3 Å². The minimum Gasteiger partial charge on any atom is -0.486 e. The van der Waals surface area contributed by atoms with Crippen molar-refractivity contribution in [3.63, 3.8) is 0 Å². The number of nitrogens with two attached hydrogens (primary N) is 1. The minimum atomic E-state index is -0.0145. The van der Waals surface area contributed by atoms with E-state index in [1.54, 1.807) is 0 Å². The summed E-state index contributed by atoms with van der Waals surface area (Å²) in [6, 6.07) is 5.57. The molecular formula is C15H18N4O3. The predicted octanol–water partition coefficient (Wildman–Crippen LogP) is 2.36. The Hall–Kier alpha value is -2.70. The first-order valence-corrected chi connectivity index (χ1v) is 7.07. The predicted molar refractivity (Wildman–Crippen MR) is 82.9 cm³/mol. The number of nitrogen functional groups attached to an aromatic ring is 1. The van der Waals surface area contributed by atoms with Crippen LogP contribution in [0.25, 0.3) is 0 Å². The monoisotopic (exact) mass is 302 g/mol. The van der Waals surface area contributed by atoms with Gasteiger partial charge < -0.3 is 25.3 Å². The van der Waals surface area contributed by atoms with Crippen molar-refractivity contribution < 1.29 is 14.2 Å². The third-order valence-corrected chi connectivity index (χ3v) is 3.00. The molecule has 7 nitrogen and oxygen atoms in total. The van der Waals surface area contributed by atoms with E-state index in [9.17, 15) is 0 Å². The highest BCUT2D eigenvalue weighted by Crippen LogP contribution is 2.35. The number of rotatable bonds is 4. The van der Waals surface area contributed by atoms with Gasteiger partial charge in [-0.2, -0.15) is 4.98 Å². The maximum Gasteiger partial charge on any atom is 0.242 e. The van der Waals surface area contributed by atoms with E-state index in [1.165, 1.54) is 6.33 Å². The minimum absolute atomic E-state index is 0.0145. The highest BCUT2D eigenvalue weighted by Gasteiger charge is 2.14. The fourth-order valence-corrected chi connectivity index (χ4v) is 2.05. The molecule has 0 bridgehead atoms. The summed E-state index contributed by atoms with van der Waals surface area (Å²) in [5.74, 6) is 2.28. The zero-order chi connectivity index (χ0) is 15.5. The zero-order valence-corrected chi connectivity index (χ0v) is 12.5. The lowest BCUT2D eigenvalue weighted by atomic mass is 10.2. The maximum absolute atomic E-state index is 6.05. The summed E-state index contributed by atoms with van der Waals surface area (Å²) in [4.78, 5) is 8.20. The van der Waals surface area contributed by atoms with E-state index in [2.05, 4.69) is 15.3 Å². The van der Waals surface area contributed by atoms with Crippen molar-refractivity contribution in [1.82, 2.24) is 9.97 Å². The number of hydrogen-bond acceptors (Lipinski definition) is 7. The molecule has 2 aromatic rings. The van der Waals surface area contributed by atoms with Crippen molar-refractivity contribution in [2.75, 3.05) is 24.3 Å². The Bertz CT molecular complexity index is 676. The van der Waals surface area contributed by atoms with Crippen LogP contribution in [0.15, 0.2) is 24.5 Å². The molecule has 116 valence electrons. The van der Waals surface area contributed by atoms with Gasteiger partial charge in [-0.25, -0.2) is 4.98 Å². The van der Waals surface area contributed by atoms with Gasteiger partial charge in [-0.15, -0.1) is 0 Å². The summed E-state index contributed by atoms with van der Waals surface area (Å²) >= 11 is 0. The molecule has 2 heterocycles. The molecule has 22 heavy (non-hydrogen) atoms. The molecule has 3 rings (SSSR count). The van der Waals surface area contributed by atoms with Crippen molar-refractivity contribution >= 4 is 17.2 Å². The van der Waals surface area contributed by atoms with Crippen molar-refractivity contribution in [1.29, 1.82) is 0 Å². The fraction of sp³-hybridized carbons (Fsp3) is 0.333. The quantitative estimate of drug-likeness (QED) is 0.895. The Kier molecular flexibility index (Phi) is 3.86. The van der Waals surface area contributed by atoms with Gasteiger partial charge in [0.05, 0.1) is 6.10 Å². The Balaban J connectivity index is 1.84. The summed E-state index contributed by atoms with van der Waals surface area (Å²) in [6.45, 7) is 4.93. The number of anilines is 3. The average Bonchev–Trinajstić information content (AvgIpc) is 2.51. The van der Waals surface area contributed by atoms with E-state index in [-0.39, 0.29) is 6.10 Å². The lowest BCUT2D eigenvalue weighted by Gasteiger charge is -2.19. The van der Waals surface area contributed by atoms with Gasteiger partial charge in [0.15, 0.2) is 17.3 Å². The molecule has 0 saturated carbocycles. The molecule has 3 N–H and O–H groups in total. The van der Waals surface area contributed by atoms with E-state index in [0.717, 1.165) is 11.4 Å². The molecule has 1 aromatic carbocycles. The van der Waals surface area contributed by atoms with Crippen LogP contribution in [0.5, 0.6) is 17.4 Å². The molecule has 0 unspecified atom stereocenters. The Morgan fingerprint density at radius 2 is 1.95 bits per heavy atom. The van der Waals surface area contributed by atoms with Crippen LogP contribution in [-0.4, -0.2) is 29.3 Å². The third kappa shape index (κ3) is 2.98. The number of hydrogen-bond donors (Lipinski definition) is 2. The van der Waals surface area contributed by atoms with Gasteiger partial charge in [0.1, 0.15) is 25.2 Å². The van der Waals surface area contributed by atoms with Crippen molar-refractivity contribution in [2.45, 2.75) is 20.0 Å². The normalized spacial score (nSPS) is 13.0. The summed E-state index contributed by atoms with van der Waals surface area (Å²) in [5, 5.41) is 3.14. The summed E-state index contributed by atoms with van der Waals surface area (Å²) in [5.41, 5.74) is 7.21. The topological polar surface area (TPSA) is 91.5 Å². The van der Waals surface area contributed by atoms with Crippen LogP contribution in [0.3, 0.4) is 0 Å². The number of benzene rings is 1. The Morgan fingerprint density at radius 3 is 2.73 bits per heavy atom. The first-order chi connectivity index (χ1) is 10.6. The lowest BCUT2D eigenvalue weighted by Crippen LogP contribution is -2.15. The Labute approximate surface area is 128 Å². The molecule has 7 heteroatoms. The van der Waals surface area contributed by atoms with Crippen LogP contribution >= 0.6 is 0 Å². The molecule has 1 aromatic heterocycles. The molecule has 1 aliphatic heterocycles. The second kappa shape index (κ2) is 5.97. The molecular weight excluding hydrogens is 284 g/mol. The van der Waals surface area contributed by atoms with E-state index in [4.69, 9.17) is 19.9 Å². The standard InChI is InChI=1S/C15H18N4O3/c1-9(2)22-15-13(16)14(17-8-18-15)19-10-3-4-11-12(7-10)21-6-5-20-11/h3-4,7-9H,5-6,16H2,1-2H3,(H,17,18,19). The first-order valence-electron chi connectivity index (χ1n) is 7.07. The second-order valence-electron chi connectivity index (χ2n) is 5.09. The van der Waals surface area contributed by atoms with Gasteiger partial charge in [-0.1, -0.05) is 0 Å². The van der Waals surface area contributed by atoms with Crippen molar-refractivity contribution in [2.24, 2.45) is 0 Å². The van der Waals surface area contributed by atoms with Gasteiger partial charge in [0, 0.05) is 11.8 Å². The average molecular weight is 302 g/mol. The third-order valence-electron chi connectivity index (χ3n) is 3.00. The number of ether oxygens (including phenoxy) is 3. The SMILES string of the molecule is CC(C)Oc1ncnc(Nc2ccc3c(c2)OCCO3)c1N. The first kappa shape index (κ1) is 14.2. The highest BCUT2D eigenvalue weighted by molar-refractivity contribution is 5.73. The van der Waals surface area contributed by atoms with Gasteiger partial charge in [0.25, 0.3) is 0 Å². The second-order valence-corrected chi connectivity index (χ2v) is 5.09.